The standard InChI is InChI=1S/C16H19N3O2S/c1-10(2)21-13-7-11(5-6-17-13)8-18-16(20)15-14(12-3-4-12)19-9-22-15/h5-7,9-10,12H,3-4,8H2,1-2H3,(H,18,20). The number of thiazole rings is 1. The molecular weight excluding hydrogens is 298 g/mol. The van der Waals surface area contributed by atoms with E-state index in [2.05, 4.69) is 15.3 Å². The molecule has 2 aromatic rings. The molecule has 1 fully saturated rings. The van der Waals surface area contributed by atoms with Crippen molar-refractivity contribution in [2.24, 2.45) is 0 Å². The Morgan fingerprint density at radius 3 is 3.00 bits per heavy atom. The molecule has 6 heteroatoms. The maximum absolute atomic E-state index is 12.3. The smallest absolute Gasteiger partial charge is 0.263 e. The summed E-state index contributed by atoms with van der Waals surface area (Å²) in [5.41, 5.74) is 3.68. The van der Waals surface area contributed by atoms with Crippen LogP contribution in [-0.2, 0) is 6.54 Å². The summed E-state index contributed by atoms with van der Waals surface area (Å²) in [7, 11) is 0. The largest absolute Gasteiger partial charge is 0.475 e. The fraction of sp³-hybridized carbons (Fsp3) is 0.438. The molecule has 5 nitrogen and oxygen atoms in total. The highest BCUT2D eigenvalue weighted by molar-refractivity contribution is 7.11. The van der Waals surface area contributed by atoms with Gasteiger partial charge in [0.05, 0.1) is 17.3 Å². The molecule has 0 spiro atoms. The van der Waals surface area contributed by atoms with Crippen LogP contribution in [0.1, 0.15) is 53.5 Å². The monoisotopic (exact) mass is 317 g/mol. The number of aromatic nitrogens is 2. The van der Waals surface area contributed by atoms with Gasteiger partial charge in [-0.2, -0.15) is 0 Å². The Morgan fingerprint density at radius 1 is 1.45 bits per heavy atom. The van der Waals surface area contributed by atoms with Gasteiger partial charge in [-0.1, -0.05) is 0 Å². The maximum atomic E-state index is 12.3. The molecule has 2 aromatic heterocycles. The number of pyridine rings is 1. The zero-order valence-electron chi connectivity index (χ0n) is 12.7. The van der Waals surface area contributed by atoms with E-state index in [4.69, 9.17) is 4.74 Å². The normalized spacial score (nSPS) is 14.1. The van der Waals surface area contributed by atoms with Crippen molar-refractivity contribution in [3.8, 4) is 5.88 Å². The molecule has 1 amide bonds. The quantitative estimate of drug-likeness (QED) is 0.889. The van der Waals surface area contributed by atoms with Crippen LogP contribution < -0.4 is 10.1 Å². The van der Waals surface area contributed by atoms with Gasteiger partial charge in [0.2, 0.25) is 5.88 Å². The molecular formula is C16H19N3O2S. The Balaban J connectivity index is 1.62. The van der Waals surface area contributed by atoms with E-state index in [1.807, 2.05) is 26.0 Å². The Hall–Kier alpha value is -1.95. The van der Waals surface area contributed by atoms with Gasteiger partial charge in [0, 0.05) is 24.7 Å². The summed E-state index contributed by atoms with van der Waals surface area (Å²) >= 11 is 1.41. The van der Waals surface area contributed by atoms with E-state index in [-0.39, 0.29) is 12.0 Å². The Kier molecular flexibility index (Phi) is 4.38. The van der Waals surface area contributed by atoms with Gasteiger partial charge in [-0.25, -0.2) is 9.97 Å². The topological polar surface area (TPSA) is 64.1 Å². The van der Waals surface area contributed by atoms with Crippen molar-refractivity contribution in [2.75, 3.05) is 0 Å². The second-order valence-electron chi connectivity index (χ2n) is 5.69. The average Bonchev–Trinajstić information content (AvgIpc) is 3.21. The lowest BCUT2D eigenvalue weighted by molar-refractivity contribution is 0.0953. The summed E-state index contributed by atoms with van der Waals surface area (Å²) in [6.45, 7) is 4.37. The zero-order valence-corrected chi connectivity index (χ0v) is 13.5. The van der Waals surface area contributed by atoms with Crippen LogP contribution >= 0.6 is 11.3 Å². The first-order valence-corrected chi connectivity index (χ1v) is 8.34. The Morgan fingerprint density at radius 2 is 2.27 bits per heavy atom. The summed E-state index contributed by atoms with van der Waals surface area (Å²) in [4.78, 5) is 21.5. The Labute approximate surface area is 133 Å². The molecule has 0 saturated heterocycles. The summed E-state index contributed by atoms with van der Waals surface area (Å²) in [6.07, 6.45) is 4.06. The van der Waals surface area contributed by atoms with E-state index in [1.54, 1.807) is 11.7 Å². The van der Waals surface area contributed by atoms with Gasteiger partial charge in [-0.3, -0.25) is 4.79 Å². The average molecular weight is 317 g/mol. The number of amides is 1. The molecule has 116 valence electrons. The van der Waals surface area contributed by atoms with Crippen LogP contribution in [0.25, 0.3) is 0 Å². The van der Waals surface area contributed by atoms with Crippen LogP contribution in [-0.4, -0.2) is 22.0 Å². The second kappa shape index (κ2) is 6.44. The minimum atomic E-state index is -0.0486. The fourth-order valence-electron chi connectivity index (χ4n) is 2.20. The van der Waals surface area contributed by atoms with Crippen LogP contribution in [0.4, 0.5) is 0 Å². The first kappa shape index (κ1) is 15.0. The van der Waals surface area contributed by atoms with Crippen LogP contribution in [0.3, 0.4) is 0 Å². The van der Waals surface area contributed by atoms with E-state index in [0.717, 1.165) is 29.0 Å². The van der Waals surface area contributed by atoms with Gasteiger partial charge in [-0.05, 0) is 38.3 Å². The molecule has 3 rings (SSSR count). The number of hydrogen-bond acceptors (Lipinski definition) is 5. The molecule has 0 atom stereocenters. The number of carbonyl (C=O) groups is 1. The summed E-state index contributed by atoms with van der Waals surface area (Å²) in [5.74, 6) is 1.02. The molecule has 0 aromatic carbocycles. The van der Waals surface area contributed by atoms with Crippen molar-refractivity contribution in [1.82, 2.24) is 15.3 Å². The lowest BCUT2D eigenvalue weighted by Gasteiger charge is -2.10. The predicted molar refractivity (Wildman–Crippen MR) is 85.3 cm³/mol. The third-order valence-corrected chi connectivity index (χ3v) is 4.22. The van der Waals surface area contributed by atoms with Crippen molar-refractivity contribution >= 4 is 17.2 Å². The van der Waals surface area contributed by atoms with Gasteiger partial charge >= 0.3 is 0 Å². The van der Waals surface area contributed by atoms with Gasteiger partial charge in [0.1, 0.15) is 4.88 Å². The van der Waals surface area contributed by atoms with Crippen LogP contribution in [0.2, 0.25) is 0 Å². The van der Waals surface area contributed by atoms with E-state index in [0.29, 0.717) is 18.3 Å². The molecule has 0 unspecified atom stereocenters. The molecule has 1 saturated carbocycles. The summed E-state index contributed by atoms with van der Waals surface area (Å²) in [6, 6.07) is 3.73. The van der Waals surface area contributed by atoms with Crippen LogP contribution in [0.5, 0.6) is 5.88 Å². The molecule has 0 bridgehead atoms. The molecule has 1 aliphatic carbocycles. The first-order valence-electron chi connectivity index (χ1n) is 7.46. The molecule has 1 N–H and O–H groups in total. The molecule has 0 radical (unpaired) electrons. The second-order valence-corrected chi connectivity index (χ2v) is 6.55. The number of carbonyl (C=O) groups excluding carboxylic acids is 1. The maximum Gasteiger partial charge on any atom is 0.263 e. The van der Waals surface area contributed by atoms with Crippen molar-refractivity contribution in [1.29, 1.82) is 0 Å². The van der Waals surface area contributed by atoms with E-state index < -0.39 is 0 Å². The molecule has 2 heterocycles. The number of hydrogen-bond donors (Lipinski definition) is 1. The van der Waals surface area contributed by atoms with Crippen molar-refractivity contribution in [3.05, 3.63) is 40.0 Å². The lowest BCUT2D eigenvalue weighted by atomic mass is 10.2. The van der Waals surface area contributed by atoms with Gasteiger partial charge < -0.3 is 10.1 Å². The summed E-state index contributed by atoms with van der Waals surface area (Å²) < 4.78 is 5.56. The zero-order chi connectivity index (χ0) is 15.5. The van der Waals surface area contributed by atoms with E-state index in [9.17, 15) is 4.79 Å². The first-order chi connectivity index (χ1) is 10.6. The SMILES string of the molecule is CC(C)Oc1cc(CNC(=O)c2scnc2C2CC2)ccn1. The summed E-state index contributed by atoms with van der Waals surface area (Å²) in [5, 5.41) is 2.95. The van der Waals surface area contributed by atoms with E-state index in [1.165, 1.54) is 11.3 Å². The number of rotatable bonds is 6. The minimum absolute atomic E-state index is 0.0486. The third kappa shape index (κ3) is 3.62. The van der Waals surface area contributed by atoms with E-state index >= 15 is 0 Å². The van der Waals surface area contributed by atoms with Crippen LogP contribution in [0.15, 0.2) is 23.8 Å². The minimum Gasteiger partial charge on any atom is -0.475 e. The third-order valence-electron chi connectivity index (χ3n) is 3.37. The predicted octanol–water partition coefficient (Wildman–Crippen LogP) is 3.13. The molecule has 1 aliphatic rings. The highest BCUT2D eigenvalue weighted by atomic mass is 32.1. The lowest BCUT2D eigenvalue weighted by Crippen LogP contribution is -2.23. The van der Waals surface area contributed by atoms with Crippen molar-refractivity contribution in [2.45, 2.75) is 45.3 Å². The molecule has 0 aliphatic heterocycles. The van der Waals surface area contributed by atoms with Crippen LogP contribution in [0, 0.1) is 0 Å². The number of ether oxygens (including phenoxy) is 1. The Bertz CT molecular complexity index is 665. The highest BCUT2D eigenvalue weighted by Crippen LogP contribution is 2.41. The van der Waals surface area contributed by atoms with Gasteiger partial charge in [0.25, 0.3) is 5.91 Å². The van der Waals surface area contributed by atoms with Crippen molar-refractivity contribution in [3.63, 3.8) is 0 Å². The van der Waals surface area contributed by atoms with Crippen molar-refractivity contribution < 1.29 is 9.53 Å². The fourth-order valence-corrected chi connectivity index (χ4v) is 2.99. The van der Waals surface area contributed by atoms with Gasteiger partial charge in [-0.15, -0.1) is 11.3 Å². The number of nitrogens with one attached hydrogen (secondary N) is 1. The highest BCUT2D eigenvalue weighted by Gasteiger charge is 2.30. The van der Waals surface area contributed by atoms with Gasteiger partial charge in [0.15, 0.2) is 0 Å². The molecule has 22 heavy (non-hydrogen) atoms. The number of nitrogens with zero attached hydrogens (tertiary/aromatic N) is 2.